The highest BCUT2D eigenvalue weighted by Gasteiger charge is 2.19. The van der Waals surface area contributed by atoms with E-state index in [1.165, 1.54) is 13.2 Å². The van der Waals surface area contributed by atoms with Crippen LogP contribution in [0.15, 0.2) is 6.20 Å². The van der Waals surface area contributed by atoms with Gasteiger partial charge >= 0.3 is 0 Å². The Hall–Kier alpha value is -1.44. The van der Waals surface area contributed by atoms with E-state index in [-0.39, 0.29) is 36.0 Å². The van der Waals surface area contributed by atoms with E-state index in [4.69, 9.17) is 25.8 Å². The van der Waals surface area contributed by atoms with Crippen molar-refractivity contribution in [1.29, 1.82) is 0 Å². The minimum Gasteiger partial charge on any atom is -0.473 e. The number of carbonyl (C=O) groups excluding carboxylic acids is 1. The molecule has 1 aliphatic heterocycles. The fraction of sp³-hybridized carbons (Fsp3) is 0.571. The molecule has 1 amide bonds. The Labute approximate surface area is 132 Å². The molecule has 0 bridgehead atoms. The average Bonchev–Trinajstić information content (AvgIpc) is 2.55. The third kappa shape index (κ3) is 4.28. The molecule has 22 heavy (non-hydrogen) atoms. The van der Waals surface area contributed by atoms with Crippen LogP contribution in [0.2, 0.25) is 5.02 Å². The number of rotatable bonds is 6. The molecular weight excluding hydrogens is 315 g/mol. The summed E-state index contributed by atoms with van der Waals surface area (Å²) in [5.74, 6) is -1.64. The van der Waals surface area contributed by atoms with Gasteiger partial charge in [0.15, 0.2) is 6.29 Å². The van der Waals surface area contributed by atoms with Crippen LogP contribution in [0.3, 0.4) is 0 Å². The summed E-state index contributed by atoms with van der Waals surface area (Å²) in [7, 11) is 1.42. The zero-order valence-electron chi connectivity index (χ0n) is 12.2. The quantitative estimate of drug-likeness (QED) is 0.808. The molecule has 1 unspecified atom stereocenters. The number of ether oxygens (including phenoxy) is 3. The van der Waals surface area contributed by atoms with Crippen molar-refractivity contribution in [3.63, 3.8) is 0 Å². The second kappa shape index (κ2) is 8.26. The number of carbonyl (C=O) groups is 1. The van der Waals surface area contributed by atoms with Gasteiger partial charge in [-0.2, -0.15) is 4.39 Å². The Bertz CT molecular complexity index is 524. The maximum Gasteiger partial charge on any atom is 0.254 e. The molecule has 2 heterocycles. The molecule has 8 heteroatoms. The van der Waals surface area contributed by atoms with Gasteiger partial charge < -0.3 is 19.5 Å². The Kier molecular flexibility index (Phi) is 6.35. The van der Waals surface area contributed by atoms with Crippen molar-refractivity contribution in [3.05, 3.63) is 22.6 Å². The smallest absolute Gasteiger partial charge is 0.254 e. The molecule has 1 N–H and O–H groups in total. The lowest BCUT2D eigenvalue weighted by Gasteiger charge is -2.22. The van der Waals surface area contributed by atoms with Crippen molar-refractivity contribution in [2.75, 3.05) is 26.9 Å². The first-order chi connectivity index (χ1) is 10.6. The van der Waals surface area contributed by atoms with Gasteiger partial charge in [-0.15, -0.1) is 0 Å². The molecule has 0 aliphatic carbocycles. The van der Waals surface area contributed by atoms with Crippen LogP contribution in [-0.4, -0.2) is 44.0 Å². The van der Waals surface area contributed by atoms with Crippen molar-refractivity contribution in [3.8, 4) is 5.88 Å². The van der Waals surface area contributed by atoms with Gasteiger partial charge in [0.05, 0.1) is 17.2 Å². The summed E-state index contributed by atoms with van der Waals surface area (Å²) >= 11 is 5.80. The third-order valence-corrected chi connectivity index (χ3v) is 3.53. The molecule has 1 aromatic heterocycles. The van der Waals surface area contributed by atoms with Gasteiger partial charge in [0.1, 0.15) is 6.61 Å². The zero-order chi connectivity index (χ0) is 15.9. The van der Waals surface area contributed by atoms with Gasteiger partial charge in [-0.1, -0.05) is 11.6 Å². The summed E-state index contributed by atoms with van der Waals surface area (Å²) in [5, 5.41) is 2.03. The number of pyridine rings is 1. The van der Waals surface area contributed by atoms with E-state index in [0.29, 0.717) is 6.61 Å². The van der Waals surface area contributed by atoms with Crippen molar-refractivity contribution in [1.82, 2.24) is 10.3 Å². The molecule has 1 aliphatic rings. The normalized spacial score (nSPS) is 18.0. The Morgan fingerprint density at radius 3 is 3.05 bits per heavy atom. The minimum absolute atomic E-state index is 0.0409. The summed E-state index contributed by atoms with van der Waals surface area (Å²) in [6, 6.07) is 0. The first-order valence-electron chi connectivity index (χ1n) is 7.05. The third-order valence-electron chi connectivity index (χ3n) is 3.16. The van der Waals surface area contributed by atoms with E-state index in [0.717, 1.165) is 19.3 Å². The first kappa shape index (κ1) is 16.9. The zero-order valence-corrected chi connectivity index (χ0v) is 13.0. The Morgan fingerprint density at radius 1 is 1.55 bits per heavy atom. The lowest BCUT2D eigenvalue weighted by molar-refractivity contribution is -0.165. The van der Waals surface area contributed by atoms with E-state index in [2.05, 4.69) is 10.3 Å². The van der Waals surface area contributed by atoms with Crippen LogP contribution < -0.4 is 10.1 Å². The second-order valence-corrected chi connectivity index (χ2v) is 5.08. The summed E-state index contributed by atoms with van der Waals surface area (Å²) in [4.78, 5) is 15.2. The van der Waals surface area contributed by atoms with Gasteiger partial charge in [-0.3, -0.25) is 4.79 Å². The number of aromatic nitrogens is 1. The lowest BCUT2D eigenvalue weighted by atomic mass is 10.2. The van der Waals surface area contributed by atoms with Gasteiger partial charge in [-0.25, -0.2) is 4.98 Å². The molecule has 0 spiro atoms. The largest absolute Gasteiger partial charge is 0.473 e. The van der Waals surface area contributed by atoms with Crippen LogP contribution in [0.5, 0.6) is 5.88 Å². The van der Waals surface area contributed by atoms with Gasteiger partial charge in [-0.05, 0) is 19.3 Å². The Balaban J connectivity index is 1.85. The van der Waals surface area contributed by atoms with Crippen LogP contribution in [0.25, 0.3) is 0 Å². The predicted octanol–water partition coefficient (Wildman–Crippen LogP) is 2.16. The van der Waals surface area contributed by atoms with Crippen molar-refractivity contribution >= 4 is 17.5 Å². The molecule has 1 atom stereocenters. The van der Waals surface area contributed by atoms with Crippen molar-refractivity contribution in [2.24, 2.45) is 0 Å². The summed E-state index contributed by atoms with van der Waals surface area (Å²) in [6.07, 6.45) is 3.90. The molecule has 0 aromatic carbocycles. The molecule has 1 aromatic rings. The minimum atomic E-state index is -0.864. The molecule has 122 valence electrons. The Morgan fingerprint density at radius 2 is 2.36 bits per heavy atom. The van der Waals surface area contributed by atoms with Crippen molar-refractivity contribution in [2.45, 2.75) is 25.6 Å². The number of halogens is 2. The standard InChI is InChI=1S/C14H18ClFN2O4/c1-17-13(19)9-8-18-14(12(16)11(9)15)22-7-6-21-10-4-2-3-5-20-10/h8,10H,2-7H2,1H3,(H,17,19). The highest BCUT2D eigenvalue weighted by molar-refractivity contribution is 6.34. The number of nitrogens with zero attached hydrogens (tertiary/aromatic N) is 1. The molecule has 1 fully saturated rings. The fourth-order valence-electron chi connectivity index (χ4n) is 2.00. The van der Waals surface area contributed by atoms with Gasteiger partial charge in [0.2, 0.25) is 5.82 Å². The van der Waals surface area contributed by atoms with E-state index < -0.39 is 11.7 Å². The highest BCUT2D eigenvalue weighted by atomic mass is 35.5. The SMILES string of the molecule is CNC(=O)c1cnc(OCCOC2CCCCO2)c(F)c1Cl. The maximum atomic E-state index is 14.0. The first-order valence-corrected chi connectivity index (χ1v) is 7.43. The van der Waals surface area contributed by atoms with Crippen LogP contribution >= 0.6 is 11.6 Å². The molecule has 1 saturated heterocycles. The lowest BCUT2D eigenvalue weighted by Crippen LogP contribution is -2.24. The summed E-state index contributed by atoms with van der Waals surface area (Å²) in [6.45, 7) is 1.05. The number of hydrogen-bond donors (Lipinski definition) is 1. The van der Waals surface area contributed by atoms with E-state index in [9.17, 15) is 9.18 Å². The predicted molar refractivity (Wildman–Crippen MR) is 77.6 cm³/mol. The van der Waals surface area contributed by atoms with E-state index >= 15 is 0 Å². The number of hydrogen-bond acceptors (Lipinski definition) is 5. The average molecular weight is 333 g/mol. The molecule has 0 radical (unpaired) electrons. The molecular formula is C14H18ClFN2O4. The number of nitrogens with one attached hydrogen (secondary N) is 1. The maximum absolute atomic E-state index is 14.0. The number of amides is 1. The van der Waals surface area contributed by atoms with Gasteiger partial charge in [0.25, 0.3) is 11.8 Å². The van der Waals surface area contributed by atoms with E-state index in [1.807, 2.05) is 0 Å². The van der Waals surface area contributed by atoms with Crippen LogP contribution in [0, 0.1) is 5.82 Å². The summed E-state index contributed by atoms with van der Waals surface area (Å²) in [5.41, 5.74) is -0.0409. The monoisotopic (exact) mass is 332 g/mol. The van der Waals surface area contributed by atoms with Crippen LogP contribution in [0.4, 0.5) is 4.39 Å². The molecule has 0 saturated carbocycles. The van der Waals surface area contributed by atoms with Crippen LogP contribution in [-0.2, 0) is 9.47 Å². The van der Waals surface area contributed by atoms with Crippen molar-refractivity contribution < 1.29 is 23.4 Å². The second-order valence-electron chi connectivity index (χ2n) is 4.70. The highest BCUT2D eigenvalue weighted by Crippen LogP contribution is 2.25. The van der Waals surface area contributed by atoms with E-state index in [1.54, 1.807) is 0 Å². The molecule has 6 nitrogen and oxygen atoms in total. The van der Waals surface area contributed by atoms with Crippen LogP contribution in [0.1, 0.15) is 29.6 Å². The topological polar surface area (TPSA) is 69.7 Å². The summed E-state index contributed by atoms with van der Waals surface area (Å²) < 4.78 is 30.0. The fourth-order valence-corrected chi connectivity index (χ4v) is 2.22. The van der Waals surface area contributed by atoms with Gasteiger partial charge in [0, 0.05) is 19.9 Å². The molecule has 2 rings (SSSR count).